The summed E-state index contributed by atoms with van der Waals surface area (Å²) in [6.45, 7) is 1.67. The highest BCUT2D eigenvalue weighted by Crippen LogP contribution is 2.21. The Morgan fingerprint density at radius 2 is 2.11 bits per heavy atom. The molecule has 0 bridgehead atoms. The zero-order valence-corrected chi connectivity index (χ0v) is 10.8. The molecule has 1 N–H and O–H groups in total. The lowest BCUT2D eigenvalue weighted by Gasteiger charge is -2.27. The van der Waals surface area contributed by atoms with Crippen molar-refractivity contribution in [2.75, 3.05) is 25.0 Å². The summed E-state index contributed by atoms with van der Waals surface area (Å²) < 4.78 is 0. The molecule has 6 nitrogen and oxygen atoms in total. The van der Waals surface area contributed by atoms with Crippen molar-refractivity contribution in [3.63, 3.8) is 0 Å². The molecule has 0 aromatic heterocycles. The fourth-order valence-electron chi connectivity index (χ4n) is 2.26. The average Bonchev–Trinajstić information content (AvgIpc) is 2.46. The molecular formula is C13H17N3O3. The van der Waals surface area contributed by atoms with E-state index in [0.29, 0.717) is 12.2 Å². The van der Waals surface area contributed by atoms with E-state index in [2.05, 4.69) is 5.32 Å². The highest BCUT2D eigenvalue weighted by atomic mass is 16.6. The predicted octanol–water partition coefficient (Wildman–Crippen LogP) is 1.56. The summed E-state index contributed by atoms with van der Waals surface area (Å²) in [7, 11) is 1.71. The van der Waals surface area contributed by atoms with Crippen molar-refractivity contribution < 1.29 is 9.72 Å². The van der Waals surface area contributed by atoms with Crippen molar-refractivity contribution in [2.45, 2.75) is 12.8 Å². The second kappa shape index (κ2) is 5.79. The Labute approximate surface area is 111 Å². The minimum absolute atomic E-state index is 0.00561. The molecule has 102 valence electrons. The third-order valence-corrected chi connectivity index (χ3v) is 3.42. The number of rotatable bonds is 3. The lowest BCUT2D eigenvalue weighted by Crippen LogP contribution is -2.41. The lowest BCUT2D eigenvalue weighted by molar-refractivity contribution is -0.384. The minimum atomic E-state index is -0.448. The first-order chi connectivity index (χ1) is 9.09. The summed E-state index contributed by atoms with van der Waals surface area (Å²) in [5.41, 5.74) is 0.713. The van der Waals surface area contributed by atoms with Crippen LogP contribution in [0.1, 0.15) is 12.8 Å². The number of nitro benzene ring substituents is 1. The van der Waals surface area contributed by atoms with E-state index in [1.165, 1.54) is 12.1 Å². The number of nitro groups is 1. The van der Waals surface area contributed by atoms with Gasteiger partial charge in [-0.3, -0.25) is 14.9 Å². The summed E-state index contributed by atoms with van der Waals surface area (Å²) >= 11 is 0. The van der Waals surface area contributed by atoms with Gasteiger partial charge in [0.05, 0.1) is 10.8 Å². The van der Waals surface area contributed by atoms with E-state index in [1.807, 2.05) is 0 Å². The fourth-order valence-corrected chi connectivity index (χ4v) is 2.26. The molecule has 1 atom stereocenters. The molecule has 0 saturated carbocycles. The molecule has 1 heterocycles. The fraction of sp³-hybridized carbons (Fsp3) is 0.462. The van der Waals surface area contributed by atoms with Gasteiger partial charge < -0.3 is 10.2 Å². The van der Waals surface area contributed by atoms with Crippen LogP contribution in [0.2, 0.25) is 0 Å². The SMILES string of the molecule is CN(C(=O)[C@@H]1CCCNC1)c1ccc([N+](=O)[O-])cc1. The van der Waals surface area contributed by atoms with Crippen molar-refractivity contribution in [1.29, 1.82) is 0 Å². The number of nitrogens with one attached hydrogen (secondary N) is 1. The maximum atomic E-state index is 12.3. The number of hydrogen-bond donors (Lipinski definition) is 1. The van der Waals surface area contributed by atoms with E-state index in [9.17, 15) is 14.9 Å². The predicted molar refractivity (Wildman–Crippen MR) is 72.1 cm³/mol. The maximum absolute atomic E-state index is 12.3. The Morgan fingerprint density at radius 3 is 2.63 bits per heavy atom. The standard InChI is InChI=1S/C13H17N3O3/c1-15(13(17)10-3-2-8-14-9-10)11-4-6-12(7-5-11)16(18)19/h4-7,10,14H,2-3,8-9H2,1H3/t10-/m1/s1. The summed E-state index contributed by atoms with van der Waals surface area (Å²) in [5, 5.41) is 13.8. The molecule has 0 aliphatic carbocycles. The van der Waals surface area contributed by atoms with Crippen LogP contribution in [0.25, 0.3) is 0 Å². The molecule has 1 fully saturated rings. The van der Waals surface area contributed by atoms with Crippen molar-refractivity contribution in [3.8, 4) is 0 Å². The van der Waals surface area contributed by atoms with Gasteiger partial charge in [-0.2, -0.15) is 0 Å². The van der Waals surface area contributed by atoms with Gasteiger partial charge in [0.1, 0.15) is 0 Å². The Hall–Kier alpha value is -1.95. The van der Waals surface area contributed by atoms with E-state index >= 15 is 0 Å². The molecule has 0 radical (unpaired) electrons. The lowest BCUT2D eigenvalue weighted by atomic mass is 9.98. The Kier molecular flexibility index (Phi) is 4.11. The highest BCUT2D eigenvalue weighted by molar-refractivity contribution is 5.94. The van der Waals surface area contributed by atoms with Crippen LogP contribution in [-0.4, -0.2) is 31.0 Å². The minimum Gasteiger partial charge on any atom is -0.316 e. The molecule has 6 heteroatoms. The second-order valence-corrected chi connectivity index (χ2v) is 4.71. The summed E-state index contributed by atoms with van der Waals surface area (Å²) in [6.07, 6.45) is 1.90. The number of piperidine rings is 1. The molecule has 1 aliphatic rings. The molecule has 0 unspecified atom stereocenters. The van der Waals surface area contributed by atoms with Crippen LogP contribution >= 0.6 is 0 Å². The molecular weight excluding hydrogens is 246 g/mol. The zero-order valence-electron chi connectivity index (χ0n) is 10.8. The van der Waals surface area contributed by atoms with Gasteiger partial charge in [-0.15, -0.1) is 0 Å². The molecule has 2 rings (SSSR count). The van der Waals surface area contributed by atoms with Gasteiger partial charge >= 0.3 is 0 Å². The third kappa shape index (κ3) is 3.08. The molecule has 1 aromatic rings. The molecule has 1 amide bonds. The van der Waals surface area contributed by atoms with E-state index in [4.69, 9.17) is 0 Å². The molecule has 0 spiro atoms. The Morgan fingerprint density at radius 1 is 1.42 bits per heavy atom. The van der Waals surface area contributed by atoms with Gasteiger partial charge in [-0.25, -0.2) is 0 Å². The molecule has 19 heavy (non-hydrogen) atoms. The number of anilines is 1. The zero-order chi connectivity index (χ0) is 13.8. The average molecular weight is 263 g/mol. The van der Waals surface area contributed by atoms with Gasteiger partial charge in [0, 0.05) is 31.4 Å². The van der Waals surface area contributed by atoms with Crippen LogP contribution in [0.4, 0.5) is 11.4 Å². The number of non-ortho nitro benzene ring substituents is 1. The number of amides is 1. The van der Waals surface area contributed by atoms with Crippen molar-refractivity contribution >= 4 is 17.3 Å². The van der Waals surface area contributed by atoms with Crippen molar-refractivity contribution in [2.24, 2.45) is 5.92 Å². The quantitative estimate of drug-likeness (QED) is 0.663. The maximum Gasteiger partial charge on any atom is 0.269 e. The number of nitrogens with zero attached hydrogens (tertiary/aromatic N) is 2. The first-order valence-electron chi connectivity index (χ1n) is 6.32. The van der Waals surface area contributed by atoms with Crippen molar-refractivity contribution in [1.82, 2.24) is 5.32 Å². The third-order valence-electron chi connectivity index (χ3n) is 3.42. The first-order valence-corrected chi connectivity index (χ1v) is 6.32. The summed E-state index contributed by atoms with van der Waals surface area (Å²) in [4.78, 5) is 24.0. The number of carbonyl (C=O) groups is 1. The molecule has 1 saturated heterocycles. The monoisotopic (exact) mass is 263 g/mol. The van der Waals surface area contributed by atoms with E-state index in [0.717, 1.165) is 19.4 Å². The summed E-state index contributed by atoms with van der Waals surface area (Å²) in [5.74, 6) is 0.0509. The summed E-state index contributed by atoms with van der Waals surface area (Å²) in [6, 6.07) is 6.04. The van der Waals surface area contributed by atoms with Crippen LogP contribution in [0.5, 0.6) is 0 Å². The topological polar surface area (TPSA) is 75.5 Å². The van der Waals surface area contributed by atoms with E-state index in [1.54, 1.807) is 24.1 Å². The number of benzene rings is 1. The van der Waals surface area contributed by atoms with Gasteiger partial charge in [-0.1, -0.05) is 0 Å². The van der Waals surface area contributed by atoms with Crippen LogP contribution < -0.4 is 10.2 Å². The Bertz CT molecular complexity index is 467. The van der Waals surface area contributed by atoms with Gasteiger partial charge in [0.2, 0.25) is 5.91 Å². The van der Waals surface area contributed by atoms with Gasteiger partial charge in [-0.05, 0) is 31.5 Å². The molecule has 1 aromatic carbocycles. The van der Waals surface area contributed by atoms with Gasteiger partial charge in [0.25, 0.3) is 5.69 Å². The molecule has 1 aliphatic heterocycles. The second-order valence-electron chi connectivity index (χ2n) is 4.71. The first kappa shape index (κ1) is 13.5. The van der Waals surface area contributed by atoms with Crippen LogP contribution in [0.15, 0.2) is 24.3 Å². The van der Waals surface area contributed by atoms with Crippen LogP contribution in [0, 0.1) is 16.0 Å². The number of carbonyl (C=O) groups excluding carboxylic acids is 1. The smallest absolute Gasteiger partial charge is 0.269 e. The Balaban J connectivity index is 2.07. The van der Waals surface area contributed by atoms with E-state index < -0.39 is 4.92 Å². The largest absolute Gasteiger partial charge is 0.316 e. The number of hydrogen-bond acceptors (Lipinski definition) is 4. The van der Waals surface area contributed by atoms with E-state index in [-0.39, 0.29) is 17.5 Å². The van der Waals surface area contributed by atoms with Crippen LogP contribution in [-0.2, 0) is 4.79 Å². The normalized spacial score (nSPS) is 18.9. The van der Waals surface area contributed by atoms with Crippen molar-refractivity contribution in [3.05, 3.63) is 34.4 Å². The van der Waals surface area contributed by atoms with Gasteiger partial charge in [0.15, 0.2) is 0 Å². The van der Waals surface area contributed by atoms with Crippen LogP contribution in [0.3, 0.4) is 0 Å². The highest BCUT2D eigenvalue weighted by Gasteiger charge is 2.24.